The van der Waals surface area contributed by atoms with Crippen LogP contribution in [0.1, 0.15) is 47.5 Å². The van der Waals surface area contributed by atoms with Crippen molar-refractivity contribution >= 4 is 11.9 Å². The fourth-order valence-electron chi connectivity index (χ4n) is 0.816. The topological polar surface area (TPSA) is 52.6 Å². The third-order valence-electron chi connectivity index (χ3n) is 1.47. The van der Waals surface area contributed by atoms with Crippen LogP contribution >= 0.6 is 0 Å². The summed E-state index contributed by atoms with van der Waals surface area (Å²) in [5.41, 5.74) is 0. The Bertz CT molecular complexity index is 187. The van der Waals surface area contributed by atoms with Gasteiger partial charge >= 0.3 is 11.9 Å². The molecule has 0 fully saturated rings. The Morgan fingerprint density at radius 3 is 1.62 bits per heavy atom. The first-order valence-electron chi connectivity index (χ1n) is 5.79. The fourth-order valence-corrected chi connectivity index (χ4v) is 0.816. The van der Waals surface area contributed by atoms with E-state index >= 15 is 0 Å². The zero-order valence-corrected chi connectivity index (χ0v) is 11.0. The van der Waals surface area contributed by atoms with Gasteiger partial charge in [-0.15, -0.1) is 0 Å². The zero-order valence-electron chi connectivity index (χ0n) is 11.0. The Labute approximate surface area is 98.3 Å². The molecule has 0 unspecified atom stereocenters. The van der Waals surface area contributed by atoms with E-state index in [0.717, 1.165) is 0 Å². The van der Waals surface area contributed by atoms with Crippen LogP contribution in [0.4, 0.5) is 0 Å². The molecule has 0 amide bonds. The molecule has 0 saturated carbocycles. The van der Waals surface area contributed by atoms with Gasteiger partial charge < -0.3 is 9.47 Å². The van der Waals surface area contributed by atoms with Gasteiger partial charge in [-0.1, -0.05) is 20.8 Å². The molecule has 0 aromatic carbocycles. The Kier molecular flexibility index (Phi) is 13.0. The quantitative estimate of drug-likeness (QED) is 0.683. The third kappa shape index (κ3) is 15.4. The van der Waals surface area contributed by atoms with Gasteiger partial charge in [0.1, 0.15) is 0 Å². The Morgan fingerprint density at radius 2 is 1.38 bits per heavy atom. The highest BCUT2D eigenvalue weighted by Gasteiger charge is 2.03. The van der Waals surface area contributed by atoms with Crippen LogP contribution < -0.4 is 0 Å². The molecule has 0 spiro atoms. The van der Waals surface area contributed by atoms with Crippen molar-refractivity contribution in [1.29, 1.82) is 0 Å². The zero-order chi connectivity index (χ0) is 13.0. The van der Waals surface area contributed by atoms with Crippen molar-refractivity contribution in [1.82, 2.24) is 0 Å². The molecule has 0 aliphatic rings. The molecule has 0 aromatic rings. The molecule has 0 heterocycles. The van der Waals surface area contributed by atoms with Crippen molar-refractivity contribution in [2.24, 2.45) is 5.92 Å². The van der Waals surface area contributed by atoms with E-state index in [1.54, 1.807) is 13.8 Å². The summed E-state index contributed by atoms with van der Waals surface area (Å²) in [6, 6.07) is 0. The summed E-state index contributed by atoms with van der Waals surface area (Å²) >= 11 is 0. The largest absolute Gasteiger partial charge is 0.466 e. The molecule has 0 aliphatic heterocycles. The SMILES string of the molecule is CCOC(=O)CC.CCOC(=O)CC(C)C. The van der Waals surface area contributed by atoms with Gasteiger partial charge in [0.05, 0.1) is 13.2 Å². The van der Waals surface area contributed by atoms with Crippen molar-refractivity contribution in [2.75, 3.05) is 13.2 Å². The van der Waals surface area contributed by atoms with Crippen molar-refractivity contribution in [2.45, 2.75) is 47.5 Å². The lowest BCUT2D eigenvalue weighted by Crippen LogP contribution is -2.06. The number of esters is 2. The van der Waals surface area contributed by atoms with Gasteiger partial charge in [0.2, 0.25) is 0 Å². The number of hydrogen-bond acceptors (Lipinski definition) is 4. The van der Waals surface area contributed by atoms with Crippen molar-refractivity contribution in [3.63, 3.8) is 0 Å². The monoisotopic (exact) mass is 232 g/mol. The van der Waals surface area contributed by atoms with Gasteiger partial charge in [0.25, 0.3) is 0 Å². The second-order valence-electron chi connectivity index (χ2n) is 3.56. The van der Waals surface area contributed by atoms with Crippen LogP contribution in [0.25, 0.3) is 0 Å². The van der Waals surface area contributed by atoms with E-state index in [0.29, 0.717) is 32.0 Å². The molecular weight excluding hydrogens is 208 g/mol. The molecule has 0 N–H and O–H groups in total. The number of carbonyl (C=O) groups excluding carboxylic acids is 2. The van der Waals surface area contributed by atoms with Gasteiger partial charge in [-0.05, 0) is 19.8 Å². The van der Waals surface area contributed by atoms with Crippen LogP contribution in [-0.4, -0.2) is 25.2 Å². The fraction of sp³-hybridized carbons (Fsp3) is 0.833. The Hall–Kier alpha value is -1.06. The minimum absolute atomic E-state index is 0.0903. The molecule has 0 rings (SSSR count). The van der Waals surface area contributed by atoms with Crippen molar-refractivity contribution in [3.8, 4) is 0 Å². The van der Waals surface area contributed by atoms with Crippen LogP contribution in [0.3, 0.4) is 0 Å². The Morgan fingerprint density at radius 1 is 0.938 bits per heavy atom. The summed E-state index contributed by atoms with van der Waals surface area (Å²) in [7, 11) is 0. The summed E-state index contributed by atoms with van der Waals surface area (Å²) in [5.74, 6) is 0.194. The second-order valence-corrected chi connectivity index (χ2v) is 3.56. The normalized spacial score (nSPS) is 9.12. The predicted octanol–water partition coefficient (Wildman–Crippen LogP) is 2.56. The van der Waals surface area contributed by atoms with E-state index in [-0.39, 0.29) is 11.9 Å². The van der Waals surface area contributed by atoms with Gasteiger partial charge in [-0.2, -0.15) is 0 Å². The highest BCUT2D eigenvalue weighted by molar-refractivity contribution is 5.69. The van der Waals surface area contributed by atoms with E-state index < -0.39 is 0 Å². The molecule has 0 bridgehead atoms. The molecular formula is C12H24O4. The van der Waals surface area contributed by atoms with Crippen LogP contribution in [0, 0.1) is 5.92 Å². The van der Waals surface area contributed by atoms with Crippen LogP contribution in [-0.2, 0) is 19.1 Å². The summed E-state index contributed by atoms with van der Waals surface area (Å²) in [5, 5.41) is 0. The summed E-state index contributed by atoms with van der Waals surface area (Å²) < 4.78 is 9.27. The number of hydrogen-bond donors (Lipinski definition) is 0. The second kappa shape index (κ2) is 12.0. The molecule has 0 aliphatic carbocycles. The number of rotatable bonds is 5. The third-order valence-corrected chi connectivity index (χ3v) is 1.47. The van der Waals surface area contributed by atoms with E-state index in [9.17, 15) is 9.59 Å². The maximum Gasteiger partial charge on any atom is 0.306 e. The summed E-state index contributed by atoms with van der Waals surface area (Å²) in [6.07, 6.45) is 1.02. The van der Waals surface area contributed by atoms with E-state index in [1.807, 2.05) is 20.8 Å². The van der Waals surface area contributed by atoms with E-state index in [2.05, 4.69) is 4.74 Å². The summed E-state index contributed by atoms with van der Waals surface area (Å²) in [6.45, 7) is 10.4. The molecule has 4 heteroatoms. The standard InChI is InChI=1S/C7H14O2.C5H10O2/c1-4-9-7(8)5-6(2)3;1-3-5(6)7-4-2/h6H,4-5H2,1-3H3;3-4H2,1-2H3. The lowest BCUT2D eigenvalue weighted by molar-refractivity contribution is -0.144. The molecule has 0 radical (unpaired) electrons. The van der Waals surface area contributed by atoms with Gasteiger partial charge in [0, 0.05) is 12.8 Å². The molecule has 0 aromatic heterocycles. The average Bonchev–Trinajstić information content (AvgIpc) is 2.18. The smallest absolute Gasteiger partial charge is 0.306 e. The van der Waals surface area contributed by atoms with Gasteiger partial charge in [0.15, 0.2) is 0 Å². The van der Waals surface area contributed by atoms with Crippen molar-refractivity contribution < 1.29 is 19.1 Å². The number of ether oxygens (including phenoxy) is 2. The number of carbonyl (C=O) groups is 2. The van der Waals surface area contributed by atoms with Gasteiger partial charge in [-0.25, -0.2) is 0 Å². The minimum Gasteiger partial charge on any atom is -0.466 e. The average molecular weight is 232 g/mol. The van der Waals surface area contributed by atoms with Crippen LogP contribution in [0.15, 0.2) is 0 Å². The first kappa shape index (κ1) is 17.3. The highest BCUT2D eigenvalue weighted by atomic mass is 16.5. The van der Waals surface area contributed by atoms with Crippen LogP contribution in [0.2, 0.25) is 0 Å². The molecule has 96 valence electrons. The summed E-state index contributed by atoms with van der Waals surface area (Å²) in [4.78, 5) is 20.8. The molecule has 0 saturated heterocycles. The lowest BCUT2D eigenvalue weighted by atomic mass is 10.1. The van der Waals surface area contributed by atoms with E-state index in [4.69, 9.17) is 4.74 Å². The predicted molar refractivity (Wildman–Crippen MR) is 63.0 cm³/mol. The molecule has 16 heavy (non-hydrogen) atoms. The first-order chi connectivity index (χ1) is 7.47. The maximum atomic E-state index is 10.6. The maximum absolute atomic E-state index is 10.6. The minimum atomic E-state index is -0.123. The molecule has 4 nitrogen and oxygen atoms in total. The lowest BCUT2D eigenvalue weighted by Gasteiger charge is -2.02. The first-order valence-corrected chi connectivity index (χ1v) is 5.79. The van der Waals surface area contributed by atoms with Gasteiger partial charge in [-0.3, -0.25) is 9.59 Å². The highest BCUT2D eigenvalue weighted by Crippen LogP contribution is 1.99. The molecule has 0 atom stereocenters. The Balaban J connectivity index is 0. The van der Waals surface area contributed by atoms with Crippen LogP contribution in [0.5, 0.6) is 0 Å². The van der Waals surface area contributed by atoms with Crippen molar-refractivity contribution in [3.05, 3.63) is 0 Å². The van der Waals surface area contributed by atoms with E-state index in [1.165, 1.54) is 0 Å².